The van der Waals surface area contributed by atoms with Crippen molar-refractivity contribution in [2.24, 2.45) is 5.73 Å². The van der Waals surface area contributed by atoms with Crippen LogP contribution in [0.4, 0.5) is 0 Å². The predicted octanol–water partition coefficient (Wildman–Crippen LogP) is -0.559. The van der Waals surface area contributed by atoms with E-state index in [0.29, 0.717) is 13.0 Å². The summed E-state index contributed by atoms with van der Waals surface area (Å²) in [6.45, 7) is 4.01. The van der Waals surface area contributed by atoms with Gasteiger partial charge in [-0.15, -0.1) is 0 Å². The first-order chi connectivity index (χ1) is 9.88. The van der Waals surface area contributed by atoms with Gasteiger partial charge in [-0.1, -0.05) is 6.07 Å². The van der Waals surface area contributed by atoms with E-state index in [1.807, 2.05) is 13.8 Å². The average Bonchev–Trinajstić information content (AvgIpc) is 2.79. The third-order valence-electron chi connectivity index (χ3n) is 3.33. The Labute approximate surface area is 122 Å². The Balaban J connectivity index is 2.21. The Hall–Kier alpha value is -2.15. The molecule has 0 unspecified atom stereocenters. The van der Waals surface area contributed by atoms with Crippen LogP contribution in [0.3, 0.4) is 0 Å². The van der Waals surface area contributed by atoms with E-state index in [2.05, 4.69) is 10.3 Å². The largest absolute Gasteiger partial charge is 0.352 e. The Morgan fingerprint density at radius 1 is 1.43 bits per heavy atom. The van der Waals surface area contributed by atoms with Gasteiger partial charge in [-0.2, -0.15) is 0 Å². The lowest BCUT2D eigenvalue weighted by Gasteiger charge is -2.24. The zero-order valence-electron chi connectivity index (χ0n) is 12.1. The second-order valence-electron chi connectivity index (χ2n) is 5.56. The second kappa shape index (κ2) is 6.09. The molecule has 0 spiro atoms. The van der Waals surface area contributed by atoms with Gasteiger partial charge in [0.25, 0.3) is 5.91 Å². The Kier molecular flexibility index (Phi) is 4.42. The van der Waals surface area contributed by atoms with Gasteiger partial charge >= 0.3 is 0 Å². The molecule has 2 heterocycles. The van der Waals surface area contributed by atoms with Gasteiger partial charge in [-0.3, -0.25) is 14.4 Å². The summed E-state index contributed by atoms with van der Waals surface area (Å²) in [6.07, 6.45) is 0.418. The molecule has 2 atom stereocenters. The van der Waals surface area contributed by atoms with Gasteiger partial charge in [0, 0.05) is 24.7 Å². The van der Waals surface area contributed by atoms with Gasteiger partial charge in [0.05, 0.1) is 0 Å². The molecular formula is C14H20N4O3. The zero-order chi connectivity index (χ0) is 15.6. The summed E-state index contributed by atoms with van der Waals surface area (Å²) in [5, 5.41) is 2.79. The Bertz CT molecular complexity index is 596. The summed E-state index contributed by atoms with van der Waals surface area (Å²) in [7, 11) is 0. The topological polar surface area (TPSA) is 108 Å². The number of nitrogens with zero attached hydrogens (tertiary/aromatic N) is 1. The van der Waals surface area contributed by atoms with E-state index in [1.165, 1.54) is 23.1 Å². The van der Waals surface area contributed by atoms with Crippen LogP contribution in [0.25, 0.3) is 0 Å². The van der Waals surface area contributed by atoms with E-state index >= 15 is 0 Å². The molecule has 1 aliphatic heterocycles. The molecule has 2 rings (SSSR count). The van der Waals surface area contributed by atoms with E-state index in [1.54, 1.807) is 0 Å². The monoisotopic (exact) mass is 292 g/mol. The molecule has 1 aliphatic rings. The number of aromatic nitrogens is 1. The molecule has 1 aromatic heterocycles. The molecule has 4 N–H and O–H groups in total. The zero-order valence-corrected chi connectivity index (χ0v) is 12.1. The molecule has 1 aromatic rings. The van der Waals surface area contributed by atoms with Crippen molar-refractivity contribution in [1.29, 1.82) is 0 Å². The minimum atomic E-state index is -0.599. The predicted molar refractivity (Wildman–Crippen MR) is 77.8 cm³/mol. The molecule has 7 heteroatoms. The van der Waals surface area contributed by atoms with Crippen LogP contribution in [-0.4, -0.2) is 46.4 Å². The number of carbonyl (C=O) groups excluding carboxylic acids is 2. The minimum Gasteiger partial charge on any atom is -0.352 e. The van der Waals surface area contributed by atoms with Crippen molar-refractivity contribution < 1.29 is 9.59 Å². The standard InChI is InChI=1S/C14H20N4O3/c1-8(2)16-13(20)11-6-9(15)7-18(11)14(21)10-4-3-5-12(19)17-10/h3-5,8-9,11H,6-7,15H2,1-2H3,(H,16,20)(H,17,19)/t9-,11-/m0/s1. The van der Waals surface area contributed by atoms with Crippen LogP contribution >= 0.6 is 0 Å². The third-order valence-corrected chi connectivity index (χ3v) is 3.33. The van der Waals surface area contributed by atoms with Crippen molar-refractivity contribution in [3.8, 4) is 0 Å². The van der Waals surface area contributed by atoms with Crippen LogP contribution in [0.1, 0.15) is 30.8 Å². The maximum atomic E-state index is 12.5. The summed E-state index contributed by atoms with van der Waals surface area (Å²) in [4.78, 5) is 39.9. The van der Waals surface area contributed by atoms with E-state index < -0.39 is 6.04 Å². The number of hydrogen-bond acceptors (Lipinski definition) is 4. The lowest BCUT2D eigenvalue weighted by atomic mass is 10.1. The Morgan fingerprint density at radius 2 is 2.14 bits per heavy atom. The highest BCUT2D eigenvalue weighted by Crippen LogP contribution is 2.19. The number of nitrogens with two attached hydrogens (primary N) is 1. The average molecular weight is 292 g/mol. The fourth-order valence-corrected chi connectivity index (χ4v) is 2.45. The summed E-state index contributed by atoms with van der Waals surface area (Å²) >= 11 is 0. The number of amides is 2. The van der Waals surface area contributed by atoms with Crippen LogP contribution in [0.15, 0.2) is 23.0 Å². The fourth-order valence-electron chi connectivity index (χ4n) is 2.45. The van der Waals surface area contributed by atoms with Crippen LogP contribution in [0, 0.1) is 0 Å². The molecule has 114 valence electrons. The molecule has 1 saturated heterocycles. The number of pyridine rings is 1. The fraction of sp³-hybridized carbons (Fsp3) is 0.500. The number of likely N-dealkylation sites (tertiary alicyclic amines) is 1. The van der Waals surface area contributed by atoms with Crippen molar-refractivity contribution in [2.45, 2.75) is 38.4 Å². The SMILES string of the molecule is CC(C)NC(=O)[C@@H]1C[C@H](N)CN1C(=O)c1cccc(=O)[nH]1. The number of H-pyrrole nitrogens is 1. The Morgan fingerprint density at radius 3 is 2.76 bits per heavy atom. The van der Waals surface area contributed by atoms with Gasteiger partial charge in [0.2, 0.25) is 11.5 Å². The number of hydrogen-bond donors (Lipinski definition) is 3. The van der Waals surface area contributed by atoms with Crippen LogP contribution in [0.2, 0.25) is 0 Å². The highest BCUT2D eigenvalue weighted by atomic mass is 16.2. The van der Waals surface area contributed by atoms with Gasteiger partial charge in [-0.25, -0.2) is 0 Å². The molecule has 0 aromatic carbocycles. The van der Waals surface area contributed by atoms with Gasteiger partial charge in [0.15, 0.2) is 0 Å². The van der Waals surface area contributed by atoms with Gasteiger partial charge in [0.1, 0.15) is 11.7 Å². The maximum Gasteiger partial charge on any atom is 0.271 e. The molecular weight excluding hydrogens is 272 g/mol. The first kappa shape index (κ1) is 15.2. The summed E-state index contributed by atoms with van der Waals surface area (Å²) < 4.78 is 0. The van der Waals surface area contributed by atoms with Crippen molar-refractivity contribution in [3.05, 3.63) is 34.2 Å². The van der Waals surface area contributed by atoms with E-state index in [-0.39, 0.29) is 35.2 Å². The molecule has 2 amide bonds. The summed E-state index contributed by atoms with van der Waals surface area (Å²) in [5.74, 6) is -0.603. The molecule has 0 saturated carbocycles. The molecule has 0 radical (unpaired) electrons. The molecule has 21 heavy (non-hydrogen) atoms. The first-order valence-electron chi connectivity index (χ1n) is 6.94. The molecule has 0 aliphatic carbocycles. The minimum absolute atomic E-state index is 0.0113. The number of carbonyl (C=O) groups is 2. The van der Waals surface area contributed by atoms with Crippen molar-refractivity contribution >= 4 is 11.8 Å². The maximum absolute atomic E-state index is 12.5. The van der Waals surface area contributed by atoms with E-state index in [9.17, 15) is 14.4 Å². The summed E-state index contributed by atoms with van der Waals surface area (Å²) in [5.41, 5.74) is 5.70. The number of nitrogens with one attached hydrogen (secondary N) is 2. The molecule has 7 nitrogen and oxygen atoms in total. The van der Waals surface area contributed by atoms with Crippen LogP contribution in [-0.2, 0) is 4.79 Å². The lowest BCUT2D eigenvalue weighted by Crippen LogP contribution is -2.48. The van der Waals surface area contributed by atoms with Crippen molar-refractivity contribution in [1.82, 2.24) is 15.2 Å². The van der Waals surface area contributed by atoms with Crippen molar-refractivity contribution in [3.63, 3.8) is 0 Å². The normalized spacial score (nSPS) is 21.6. The molecule has 1 fully saturated rings. The second-order valence-corrected chi connectivity index (χ2v) is 5.56. The van der Waals surface area contributed by atoms with Crippen molar-refractivity contribution in [2.75, 3.05) is 6.54 Å². The molecule has 0 bridgehead atoms. The van der Waals surface area contributed by atoms with Gasteiger partial charge in [-0.05, 0) is 26.3 Å². The lowest BCUT2D eigenvalue weighted by molar-refractivity contribution is -0.125. The third kappa shape index (κ3) is 3.49. The van der Waals surface area contributed by atoms with E-state index in [0.717, 1.165) is 0 Å². The van der Waals surface area contributed by atoms with Gasteiger partial charge < -0.3 is 20.9 Å². The summed E-state index contributed by atoms with van der Waals surface area (Å²) in [6, 6.07) is 3.50. The van der Waals surface area contributed by atoms with Crippen LogP contribution < -0.4 is 16.6 Å². The highest BCUT2D eigenvalue weighted by molar-refractivity contribution is 5.96. The number of aromatic amines is 1. The smallest absolute Gasteiger partial charge is 0.271 e. The quantitative estimate of drug-likeness (QED) is 0.694. The van der Waals surface area contributed by atoms with E-state index in [4.69, 9.17) is 5.73 Å². The first-order valence-corrected chi connectivity index (χ1v) is 6.94. The highest BCUT2D eigenvalue weighted by Gasteiger charge is 2.38. The number of rotatable bonds is 3. The van der Waals surface area contributed by atoms with Crippen LogP contribution in [0.5, 0.6) is 0 Å².